The molecule has 1 amide bonds. The van der Waals surface area contributed by atoms with Crippen LogP contribution in [0, 0.1) is 0 Å². The summed E-state index contributed by atoms with van der Waals surface area (Å²) in [4.78, 5) is 15.8. The first-order chi connectivity index (χ1) is 9.29. The molecule has 1 aliphatic heterocycles. The molecule has 0 N–H and O–H groups in total. The van der Waals surface area contributed by atoms with Crippen molar-refractivity contribution in [2.45, 2.75) is 32.4 Å². The predicted octanol–water partition coefficient (Wildman–Crippen LogP) is 2.94. The zero-order chi connectivity index (χ0) is 13.2. The van der Waals surface area contributed by atoms with Gasteiger partial charge in [0.2, 0.25) is 0 Å². The number of likely N-dealkylation sites (tertiary alicyclic amines) is 1. The molecule has 4 nitrogen and oxygen atoms in total. The lowest BCUT2D eigenvalue weighted by Crippen LogP contribution is -2.30. The van der Waals surface area contributed by atoms with E-state index in [0.29, 0.717) is 5.69 Å². The molecule has 1 saturated heterocycles. The standard InChI is InChI=1S/C14H17N3OS/c1-2-16-9-7-11(15-16)14(18)17-8-3-5-12(17)13-6-4-10-19-13/h4,6-7,9-10,12H,2-3,5,8H2,1H3/t12-/m0/s1. The van der Waals surface area contributed by atoms with Crippen molar-refractivity contribution in [3.8, 4) is 0 Å². The van der Waals surface area contributed by atoms with Gasteiger partial charge in [-0.1, -0.05) is 6.07 Å². The summed E-state index contributed by atoms with van der Waals surface area (Å²) in [5.74, 6) is 0.0584. The van der Waals surface area contributed by atoms with Gasteiger partial charge in [-0.15, -0.1) is 11.3 Å². The van der Waals surface area contributed by atoms with Gasteiger partial charge < -0.3 is 4.90 Å². The van der Waals surface area contributed by atoms with Crippen LogP contribution in [0.3, 0.4) is 0 Å². The average molecular weight is 275 g/mol. The van der Waals surface area contributed by atoms with Crippen LogP contribution in [-0.4, -0.2) is 27.1 Å². The molecule has 1 aliphatic rings. The van der Waals surface area contributed by atoms with Crippen LogP contribution >= 0.6 is 11.3 Å². The van der Waals surface area contributed by atoms with Crippen molar-refractivity contribution >= 4 is 17.2 Å². The Morgan fingerprint density at radius 1 is 1.53 bits per heavy atom. The molecular weight excluding hydrogens is 258 g/mol. The Morgan fingerprint density at radius 3 is 3.11 bits per heavy atom. The molecule has 0 spiro atoms. The van der Waals surface area contributed by atoms with Gasteiger partial charge in [0.25, 0.3) is 5.91 Å². The first kappa shape index (κ1) is 12.4. The summed E-state index contributed by atoms with van der Waals surface area (Å²) in [5, 5.41) is 6.39. The molecule has 100 valence electrons. The van der Waals surface area contributed by atoms with Gasteiger partial charge in [0.05, 0.1) is 6.04 Å². The van der Waals surface area contributed by atoms with Crippen LogP contribution in [0.2, 0.25) is 0 Å². The molecule has 3 rings (SSSR count). The fourth-order valence-corrected chi connectivity index (χ4v) is 3.46. The van der Waals surface area contributed by atoms with Gasteiger partial charge >= 0.3 is 0 Å². The molecule has 2 aromatic heterocycles. The maximum absolute atomic E-state index is 12.5. The van der Waals surface area contributed by atoms with E-state index >= 15 is 0 Å². The topological polar surface area (TPSA) is 38.1 Å². The van der Waals surface area contributed by atoms with Crippen LogP contribution in [0.1, 0.15) is 41.2 Å². The van der Waals surface area contributed by atoms with Crippen LogP contribution in [0.15, 0.2) is 29.8 Å². The number of nitrogens with zero attached hydrogens (tertiary/aromatic N) is 3. The minimum atomic E-state index is 0.0584. The molecule has 5 heteroatoms. The summed E-state index contributed by atoms with van der Waals surface area (Å²) < 4.78 is 1.80. The van der Waals surface area contributed by atoms with Crippen molar-refractivity contribution in [3.05, 3.63) is 40.3 Å². The molecule has 0 bridgehead atoms. The number of amides is 1. The fourth-order valence-electron chi connectivity index (χ4n) is 2.59. The third-order valence-corrected chi connectivity index (χ3v) is 4.54. The number of hydrogen-bond acceptors (Lipinski definition) is 3. The third-order valence-electron chi connectivity index (χ3n) is 3.57. The average Bonchev–Trinajstić information content (AvgIpc) is 3.16. The second-order valence-corrected chi connectivity index (χ2v) is 5.71. The van der Waals surface area contributed by atoms with Gasteiger partial charge in [-0.25, -0.2) is 0 Å². The van der Waals surface area contributed by atoms with Gasteiger partial charge in [-0.05, 0) is 37.3 Å². The van der Waals surface area contributed by atoms with Crippen molar-refractivity contribution in [1.29, 1.82) is 0 Å². The summed E-state index contributed by atoms with van der Waals surface area (Å²) in [6.45, 7) is 3.65. The minimum Gasteiger partial charge on any atom is -0.329 e. The second-order valence-electron chi connectivity index (χ2n) is 4.73. The van der Waals surface area contributed by atoms with E-state index in [4.69, 9.17) is 0 Å². The van der Waals surface area contributed by atoms with E-state index in [0.717, 1.165) is 25.9 Å². The van der Waals surface area contributed by atoms with Gasteiger partial charge in [0.1, 0.15) is 5.69 Å². The number of aryl methyl sites for hydroxylation is 1. The molecule has 19 heavy (non-hydrogen) atoms. The lowest BCUT2D eigenvalue weighted by atomic mass is 10.2. The van der Waals surface area contributed by atoms with Gasteiger partial charge in [0.15, 0.2) is 0 Å². The smallest absolute Gasteiger partial charge is 0.274 e. The van der Waals surface area contributed by atoms with E-state index in [1.54, 1.807) is 16.0 Å². The van der Waals surface area contributed by atoms with Crippen LogP contribution in [0.4, 0.5) is 0 Å². The maximum Gasteiger partial charge on any atom is 0.274 e. The minimum absolute atomic E-state index is 0.0584. The second kappa shape index (κ2) is 5.17. The molecule has 1 fully saturated rings. The highest BCUT2D eigenvalue weighted by Gasteiger charge is 2.32. The van der Waals surface area contributed by atoms with Crippen LogP contribution < -0.4 is 0 Å². The van der Waals surface area contributed by atoms with E-state index in [1.807, 2.05) is 30.2 Å². The van der Waals surface area contributed by atoms with Crippen molar-refractivity contribution in [1.82, 2.24) is 14.7 Å². The number of carbonyl (C=O) groups is 1. The summed E-state index contributed by atoms with van der Waals surface area (Å²) in [6, 6.07) is 6.22. The molecule has 0 saturated carbocycles. The molecule has 0 unspecified atom stereocenters. The summed E-state index contributed by atoms with van der Waals surface area (Å²) >= 11 is 1.73. The highest BCUT2D eigenvalue weighted by atomic mass is 32.1. The van der Waals surface area contributed by atoms with E-state index in [9.17, 15) is 4.79 Å². The Morgan fingerprint density at radius 2 is 2.42 bits per heavy atom. The Kier molecular flexibility index (Phi) is 3.38. The lowest BCUT2D eigenvalue weighted by Gasteiger charge is -2.22. The molecule has 0 aliphatic carbocycles. The van der Waals surface area contributed by atoms with Crippen LogP contribution in [0.5, 0.6) is 0 Å². The zero-order valence-corrected chi connectivity index (χ0v) is 11.8. The first-order valence-corrected chi connectivity index (χ1v) is 7.55. The maximum atomic E-state index is 12.5. The monoisotopic (exact) mass is 275 g/mol. The van der Waals surface area contributed by atoms with Crippen molar-refractivity contribution in [2.75, 3.05) is 6.54 Å². The number of thiophene rings is 1. The lowest BCUT2D eigenvalue weighted by molar-refractivity contribution is 0.0731. The molecule has 3 heterocycles. The Bertz CT molecular complexity index is 561. The molecule has 0 aromatic carbocycles. The van der Waals surface area contributed by atoms with E-state index < -0.39 is 0 Å². The SMILES string of the molecule is CCn1ccc(C(=O)N2CCC[C@H]2c2cccs2)n1. The normalized spacial score (nSPS) is 19.0. The number of rotatable bonds is 3. The Hall–Kier alpha value is -1.62. The highest BCUT2D eigenvalue weighted by Crippen LogP contribution is 2.35. The Balaban J connectivity index is 1.82. The van der Waals surface area contributed by atoms with E-state index in [2.05, 4.69) is 16.5 Å². The van der Waals surface area contributed by atoms with Crippen molar-refractivity contribution in [2.24, 2.45) is 0 Å². The van der Waals surface area contributed by atoms with E-state index in [-0.39, 0.29) is 11.9 Å². The van der Waals surface area contributed by atoms with Crippen molar-refractivity contribution in [3.63, 3.8) is 0 Å². The summed E-state index contributed by atoms with van der Waals surface area (Å²) in [5.41, 5.74) is 0.560. The molecular formula is C14H17N3OS. The number of carbonyl (C=O) groups excluding carboxylic acids is 1. The summed E-state index contributed by atoms with van der Waals surface area (Å²) in [6.07, 6.45) is 3.99. The van der Waals surface area contributed by atoms with Crippen molar-refractivity contribution < 1.29 is 4.79 Å². The third kappa shape index (κ3) is 2.30. The molecule has 0 radical (unpaired) electrons. The quantitative estimate of drug-likeness (QED) is 0.863. The van der Waals surface area contributed by atoms with Crippen LogP contribution in [0.25, 0.3) is 0 Å². The fraction of sp³-hybridized carbons (Fsp3) is 0.429. The van der Waals surface area contributed by atoms with Crippen LogP contribution in [-0.2, 0) is 6.54 Å². The highest BCUT2D eigenvalue weighted by molar-refractivity contribution is 7.10. The van der Waals surface area contributed by atoms with Gasteiger partial charge in [-0.3, -0.25) is 9.48 Å². The Labute approximate surface area is 116 Å². The predicted molar refractivity (Wildman–Crippen MR) is 75.2 cm³/mol. The number of aromatic nitrogens is 2. The van der Waals surface area contributed by atoms with Gasteiger partial charge in [0, 0.05) is 24.2 Å². The zero-order valence-electron chi connectivity index (χ0n) is 11.0. The molecule has 1 atom stereocenters. The van der Waals surface area contributed by atoms with E-state index in [1.165, 1.54) is 4.88 Å². The molecule has 2 aromatic rings. The first-order valence-electron chi connectivity index (χ1n) is 6.67. The number of hydrogen-bond donors (Lipinski definition) is 0. The largest absolute Gasteiger partial charge is 0.329 e. The van der Waals surface area contributed by atoms with Gasteiger partial charge in [-0.2, -0.15) is 5.10 Å². The summed E-state index contributed by atoms with van der Waals surface area (Å²) in [7, 11) is 0.